The lowest BCUT2D eigenvalue weighted by atomic mass is 10.3. The fourth-order valence-electron chi connectivity index (χ4n) is 1.22. The zero-order valence-corrected chi connectivity index (χ0v) is 11.8. The number of hydrogen-bond acceptors (Lipinski definition) is 5. The third-order valence-electron chi connectivity index (χ3n) is 1.98. The van der Waals surface area contributed by atoms with Gasteiger partial charge in [-0.1, -0.05) is 23.7 Å². The highest BCUT2D eigenvalue weighted by Crippen LogP contribution is 2.03. The molecule has 0 radical (unpaired) electrons. The van der Waals surface area contributed by atoms with Crippen LogP contribution in [0.4, 0.5) is 0 Å². The molecule has 0 aliphatic carbocycles. The number of rotatable bonds is 4. The maximum Gasteiger partial charge on any atom is 0.356 e. The minimum atomic E-state index is -0.446. The Hall–Kier alpha value is -1.80. The van der Waals surface area contributed by atoms with E-state index in [1.165, 1.54) is 18.7 Å². The van der Waals surface area contributed by atoms with Crippen molar-refractivity contribution in [1.82, 2.24) is 4.98 Å². The first kappa shape index (κ1) is 15.3. The second-order valence-electron chi connectivity index (χ2n) is 3.52. The Kier molecular flexibility index (Phi) is 6.69. The highest BCUT2D eigenvalue weighted by atomic mass is 32.2. The van der Waals surface area contributed by atoms with Crippen molar-refractivity contribution in [3.8, 4) is 11.8 Å². The van der Waals surface area contributed by atoms with E-state index in [0.29, 0.717) is 24.5 Å². The van der Waals surface area contributed by atoms with Gasteiger partial charge in [-0.2, -0.15) is 0 Å². The van der Waals surface area contributed by atoms with Crippen molar-refractivity contribution < 1.29 is 14.3 Å². The Balaban J connectivity index is 2.59. The molecule has 0 atom stereocenters. The maximum absolute atomic E-state index is 11.5. The van der Waals surface area contributed by atoms with Crippen molar-refractivity contribution in [3.05, 3.63) is 29.6 Å². The highest BCUT2D eigenvalue weighted by molar-refractivity contribution is 8.13. The summed E-state index contributed by atoms with van der Waals surface area (Å²) in [7, 11) is 0. The van der Waals surface area contributed by atoms with Gasteiger partial charge in [-0.25, -0.2) is 9.78 Å². The Morgan fingerprint density at radius 3 is 2.89 bits per heavy atom. The first-order valence-electron chi connectivity index (χ1n) is 5.90. The molecule has 0 amide bonds. The lowest BCUT2D eigenvalue weighted by molar-refractivity contribution is -0.109. The average Bonchev–Trinajstić information content (AvgIpc) is 2.38. The molecule has 4 nitrogen and oxygen atoms in total. The van der Waals surface area contributed by atoms with Crippen molar-refractivity contribution in [3.63, 3.8) is 0 Å². The topological polar surface area (TPSA) is 56.3 Å². The Labute approximate surface area is 116 Å². The number of carbonyl (C=O) groups excluding carboxylic acids is 2. The van der Waals surface area contributed by atoms with Gasteiger partial charge in [0.15, 0.2) is 5.12 Å². The number of carbonyl (C=O) groups is 2. The van der Waals surface area contributed by atoms with Crippen molar-refractivity contribution in [1.29, 1.82) is 0 Å². The molecule has 0 saturated carbocycles. The molecule has 0 aromatic carbocycles. The van der Waals surface area contributed by atoms with Crippen molar-refractivity contribution >= 4 is 22.8 Å². The van der Waals surface area contributed by atoms with Crippen LogP contribution in [0.15, 0.2) is 18.2 Å². The van der Waals surface area contributed by atoms with Crippen molar-refractivity contribution in [2.75, 3.05) is 12.4 Å². The molecule has 0 fully saturated rings. The molecular weight excluding hydrogens is 262 g/mol. The monoisotopic (exact) mass is 277 g/mol. The summed E-state index contributed by atoms with van der Waals surface area (Å²) in [5, 5.41) is 0.0873. The summed E-state index contributed by atoms with van der Waals surface area (Å²) in [5.41, 5.74) is 0.783. The first-order chi connectivity index (χ1) is 9.13. The molecule has 100 valence electrons. The predicted molar refractivity (Wildman–Crippen MR) is 74.8 cm³/mol. The lowest BCUT2D eigenvalue weighted by Gasteiger charge is -2.00. The SMILES string of the molecule is CCOC(=O)c1cccc(C#CCCSC(C)=O)n1. The van der Waals surface area contributed by atoms with Gasteiger partial charge in [-0.05, 0) is 25.0 Å². The van der Waals surface area contributed by atoms with Crippen molar-refractivity contribution in [2.45, 2.75) is 20.3 Å². The van der Waals surface area contributed by atoms with Crippen LogP contribution < -0.4 is 0 Å². The number of thioether (sulfide) groups is 1. The van der Waals surface area contributed by atoms with Crippen LogP contribution in [0.25, 0.3) is 0 Å². The number of hydrogen-bond donors (Lipinski definition) is 0. The number of esters is 1. The molecule has 5 heteroatoms. The van der Waals surface area contributed by atoms with Gasteiger partial charge in [0.1, 0.15) is 11.4 Å². The fraction of sp³-hybridized carbons (Fsp3) is 0.357. The van der Waals surface area contributed by atoms with Crippen LogP contribution >= 0.6 is 11.8 Å². The van der Waals surface area contributed by atoms with Gasteiger partial charge in [0.2, 0.25) is 0 Å². The summed E-state index contributed by atoms with van der Waals surface area (Å²) in [4.78, 5) is 26.3. The van der Waals surface area contributed by atoms with Crippen LogP contribution in [0.2, 0.25) is 0 Å². The summed E-state index contributed by atoms with van der Waals surface area (Å²) in [6.07, 6.45) is 0.607. The average molecular weight is 277 g/mol. The molecule has 1 aromatic heterocycles. The Morgan fingerprint density at radius 1 is 1.42 bits per heavy atom. The van der Waals surface area contributed by atoms with Crippen LogP contribution in [-0.4, -0.2) is 28.4 Å². The van der Waals surface area contributed by atoms with E-state index >= 15 is 0 Å². The van der Waals surface area contributed by atoms with E-state index in [-0.39, 0.29) is 10.8 Å². The number of aromatic nitrogens is 1. The lowest BCUT2D eigenvalue weighted by Crippen LogP contribution is -2.07. The van der Waals surface area contributed by atoms with Gasteiger partial charge < -0.3 is 4.74 Å². The van der Waals surface area contributed by atoms with Crippen LogP contribution in [0.1, 0.15) is 36.5 Å². The molecule has 1 heterocycles. The minimum absolute atomic E-state index is 0.0873. The summed E-state index contributed by atoms with van der Waals surface area (Å²) in [6, 6.07) is 5.04. The molecule has 0 N–H and O–H groups in total. The molecule has 1 aromatic rings. The van der Waals surface area contributed by atoms with Gasteiger partial charge in [0.25, 0.3) is 0 Å². The van der Waals surface area contributed by atoms with Crippen LogP contribution in [-0.2, 0) is 9.53 Å². The van der Waals surface area contributed by atoms with Crippen LogP contribution in [0, 0.1) is 11.8 Å². The third-order valence-corrected chi connectivity index (χ3v) is 2.80. The minimum Gasteiger partial charge on any atom is -0.461 e. The molecule has 0 aliphatic heterocycles. The van der Waals surface area contributed by atoms with E-state index in [2.05, 4.69) is 16.8 Å². The standard InChI is InChI=1S/C14H15NO3S/c1-3-18-14(17)13-9-6-8-12(15-13)7-4-5-10-19-11(2)16/h6,8-9H,3,5,10H2,1-2H3. The zero-order valence-electron chi connectivity index (χ0n) is 10.9. The highest BCUT2D eigenvalue weighted by Gasteiger charge is 2.07. The molecule has 19 heavy (non-hydrogen) atoms. The predicted octanol–water partition coefficient (Wildman–Crippen LogP) is 2.28. The smallest absolute Gasteiger partial charge is 0.356 e. The largest absolute Gasteiger partial charge is 0.461 e. The van der Waals surface area contributed by atoms with E-state index in [1.807, 2.05) is 0 Å². The quantitative estimate of drug-likeness (QED) is 0.480. The van der Waals surface area contributed by atoms with Gasteiger partial charge in [-0.15, -0.1) is 0 Å². The van der Waals surface area contributed by atoms with Gasteiger partial charge in [-0.3, -0.25) is 4.79 Å². The Bertz CT molecular complexity index is 517. The molecule has 0 aliphatic rings. The summed E-state index contributed by atoms with van der Waals surface area (Å²) >= 11 is 1.25. The van der Waals surface area contributed by atoms with E-state index in [0.717, 1.165) is 0 Å². The van der Waals surface area contributed by atoms with E-state index < -0.39 is 5.97 Å². The molecule has 0 unspecified atom stereocenters. The first-order valence-corrected chi connectivity index (χ1v) is 6.88. The summed E-state index contributed by atoms with van der Waals surface area (Å²) in [5.74, 6) is 6.00. The maximum atomic E-state index is 11.5. The Morgan fingerprint density at radius 2 is 2.21 bits per heavy atom. The van der Waals surface area contributed by atoms with Gasteiger partial charge in [0.05, 0.1) is 6.61 Å². The zero-order chi connectivity index (χ0) is 14.1. The molecular formula is C14H15NO3S. The number of pyridine rings is 1. The summed E-state index contributed by atoms with van der Waals surface area (Å²) in [6.45, 7) is 3.59. The summed E-state index contributed by atoms with van der Waals surface area (Å²) < 4.78 is 4.86. The van der Waals surface area contributed by atoms with Gasteiger partial charge >= 0.3 is 5.97 Å². The second kappa shape index (κ2) is 8.33. The van der Waals surface area contributed by atoms with E-state index in [9.17, 15) is 9.59 Å². The van der Waals surface area contributed by atoms with Crippen LogP contribution in [0.3, 0.4) is 0 Å². The third kappa shape index (κ3) is 6.07. The van der Waals surface area contributed by atoms with Gasteiger partial charge in [0, 0.05) is 19.1 Å². The molecule has 0 bridgehead atoms. The normalized spacial score (nSPS) is 9.37. The van der Waals surface area contributed by atoms with Crippen molar-refractivity contribution in [2.24, 2.45) is 0 Å². The van der Waals surface area contributed by atoms with Crippen LogP contribution in [0.5, 0.6) is 0 Å². The number of nitrogens with zero attached hydrogens (tertiary/aromatic N) is 1. The second-order valence-corrected chi connectivity index (χ2v) is 4.79. The molecule has 1 rings (SSSR count). The molecule has 0 saturated heterocycles. The van der Waals surface area contributed by atoms with E-state index in [1.54, 1.807) is 25.1 Å². The fourth-order valence-corrected chi connectivity index (χ4v) is 1.71. The number of ether oxygens (including phenoxy) is 1. The molecule has 0 spiro atoms. The van der Waals surface area contributed by atoms with E-state index in [4.69, 9.17) is 4.74 Å².